The van der Waals surface area contributed by atoms with Gasteiger partial charge in [0, 0.05) is 37.1 Å². The lowest BCUT2D eigenvalue weighted by atomic mass is 10.0. The smallest absolute Gasteiger partial charge is 0.251 e. The highest BCUT2D eigenvalue weighted by Crippen LogP contribution is 2.24. The maximum atomic E-state index is 13.1. The third-order valence-corrected chi connectivity index (χ3v) is 5.21. The molecule has 0 aliphatic heterocycles. The van der Waals surface area contributed by atoms with Gasteiger partial charge in [-0.3, -0.25) is 19.7 Å². The van der Waals surface area contributed by atoms with Crippen molar-refractivity contribution >= 4 is 5.91 Å². The van der Waals surface area contributed by atoms with Crippen LogP contribution < -0.4 is 5.32 Å². The van der Waals surface area contributed by atoms with Crippen LogP contribution in [0.3, 0.4) is 0 Å². The summed E-state index contributed by atoms with van der Waals surface area (Å²) in [6, 6.07) is 9.53. The van der Waals surface area contributed by atoms with Gasteiger partial charge in [-0.15, -0.1) is 0 Å². The van der Waals surface area contributed by atoms with Crippen LogP contribution in [0.2, 0.25) is 0 Å². The van der Waals surface area contributed by atoms with E-state index in [1.165, 1.54) is 0 Å². The number of ether oxygens (including phenoxy) is 1. The van der Waals surface area contributed by atoms with Gasteiger partial charge in [0.15, 0.2) is 0 Å². The van der Waals surface area contributed by atoms with E-state index in [1.54, 1.807) is 36.4 Å². The van der Waals surface area contributed by atoms with E-state index in [0.717, 1.165) is 34.0 Å². The molecule has 0 atom stereocenters. The molecule has 0 spiro atoms. The normalized spacial score (nSPS) is 10.9. The van der Waals surface area contributed by atoms with Crippen LogP contribution in [0, 0.1) is 20.8 Å². The summed E-state index contributed by atoms with van der Waals surface area (Å²) >= 11 is 0. The predicted octanol–water partition coefficient (Wildman–Crippen LogP) is 3.16. The van der Waals surface area contributed by atoms with Crippen LogP contribution in [0.4, 0.5) is 0 Å². The minimum Gasteiger partial charge on any atom is -0.384 e. The van der Waals surface area contributed by atoms with Gasteiger partial charge in [0.1, 0.15) is 11.6 Å². The lowest BCUT2D eigenvalue weighted by molar-refractivity contribution is 0.0950. The van der Waals surface area contributed by atoms with E-state index in [2.05, 4.69) is 30.4 Å². The Morgan fingerprint density at radius 1 is 1.03 bits per heavy atom. The lowest BCUT2D eigenvalue weighted by Crippen LogP contribution is -2.23. The van der Waals surface area contributed by atoms with Crippen LogP contribution in [0.25, 0.3) is 16.9 Å². The maximum Gasteiger partial charge on any atom is 0.251 e. The number of pyridine rings is 1. The van der Waals surface area contributed by atoms with Gasteiger partial charge in [-0.25, -0.2) is 9.67 Å². The molecule has 1 N–H and O–H groups in total. The molecular formula is C25H27N7O2. The molecule has 1 aromatic carbocycles. The van der Waals surface area contributed by atoms with E-state index in [1.807, 2.05) is 45.0 Å². The Bertz CT molecular complexity index is 1280. The Morgan fingerprint density at radius 2 is 1.88 bits per heavy atom. The molecule has 0 aliphatic carbocycles. The van der Waals surface area contributed by atoms with Crippen LogP contribution in [0.1, 0.15) is 39.0 Å². The van der Waals surface area contributed by atoms with Gasteiger partial charge in [-0.1, -0.05) is 6.07 Å². The number of hydrogen-bond donors (Lipinski definition) is 1. The minimum absolute atomic E-state index is 0.229. The summed E-state index contributed by atoms with van der Waals surface area (Å²) in [6.07, 6.45) is 5.74. The zero-order valence-electron chi connectivity index (χ0n) is 19.7. The zero-order chi connectivity index (χ0) is 24.1. The summed E-state index contributed by atoms with van der Waals surface area (Å²) < 4.78 is 6.99. The fourth-order valence-corrected chi connectivity index (χ4v) is 3.46. The monoisotopic (exact) mass is 457 g/mol. The molecular weight excluding hydrogens is 430 g/mol. The van der Waals surface area contributed by atoms with E-state index >= 15 is 0 Å². The Balaban J connectivity index is 1.71. The topological polar surface area (TPSA) is 108 Å². The summed E-state index contributed by atoms with van der Waals surface area (Å²) in [6.45, 7) is 6.49. The first-order chi connectivity index (χ1) is 16.4. The van der Waals surface area contributed by atoms with Crippen molar-refractivity contribution in [1.29, 1.82) is 0 Å². The Kier molecular flexibility index (Phi) is 7.03. The van der Waals surface area contributed by atoms with Crippen molar-refractivity contribution in [3.8, 4) is 16.9 Å². The van der Waals surface area contributed by atoms with Crippen LogP contribution >= 0.6 is 0 Å². The molecule has 0 radical (unpaired) electrons. The third kappa shape index (κ3) is 5.49. The molecule has 3 aromatic heterocycles. The number of aromatic nitrogens is 6. The van der Waals surface area contributed by atoms with Gasteiger partial charge < -0.3 is 10.1 Å². The van der Waals surface area contributed by atoms with Gasteiger partial charge >= 0.3 is 0 Å². The first kappa shape index (κ1) is 23.2. The van der Waals surface area contributed by atoms with E-state index in [9.17, 15) is 4.79 Å². The van der Waals surface area contributed by atoms with Gasteiger partial charge in [-0.05, 0) is 50.6 Å². The molecule has 0 aliphatic rings. The molecule has 4 rings (SSSR count). The van der Waals surface area contributed by atoms with Gasteiger partial charge in [0.25, 0.3) is 5.91 Å². The second-order valence-corrected chi connectivity index (χ2v) is 8.05. The van der Waals surface area contributed by atoms with Crippen molar-refractivity contribution in [3.63, 3.8) is 0 Å². The van der Waals surface area contributed by atoms with Crippen LogP contribution in [-0.2, 0) is 17.7 Å². The zero-order valence-corrected chi connectivity index (χ0v) is 19.7. The summed E-state index contributed by atoms with van der Waals surface area (Å²) in [5, 5.41) is 7.49. The summed E-state index contributed by atoms with van der Waals surface area (Å²) in [5.41, 5.74) is 5.36. The first-order valence-electron chi connectivity index (χ1n) is 11.0. The summed E-state index contributed by atoms with van der Waals surface area (Å²) in [5.74, 6) is 1.18. The largest absolute Gasteiger partial charge is 0.384 e. The molecule has 0 fully saturated rings. The van der Waals surface area contributed by atoms with E-state index in [-0.39, 0.29) is 12.5 Å². The Morgan fingerprint density at radius 3 is 2.59 bits per heavy atom. The highest BCUT2D eigenvalue weighted by atomic mass is 16.5. The summed E-state index contributed by atoms with van der Waals surface area (Å²) in [7, 11) is 1.65. The van der Waals surface area contributed by atoms with Crippen molar-refractivity contribution in [1.82, 2.24) is 35.0 Å². The van der Waals surface area contributed by atoms with E-state index in [4.69, 9.17) is 4.74 Å². The van der Waals surface area contributed by atoms with Gasteiger partial charge in [0.2, 0.25) is 0 Å². The van der Waals surface area contributed by atoms with Crippen molar-refractivity contribution in [2.75, 3.05) is 13.7 Å². The summed E-state index contributed by atoms with van der Waals surface area (Å²) in [4.78, 5) is 30.7. The molecule has 0 unspecified atom stereocenters. The first-order valence-corrected chi connectivity index (χ1v) is 11.0. The number of methoxy groups -OCH3 is 1. The number of aryl methyl sites for hydroxylation is 3. The molecule has 0 bridgehead atoms. The number of benzene rings is 1. The second-order valence-electron chi connectivity index (χ2n) is 8.05. The third-order valence-electron chi connectivity index (χ3n) is 5.21. The number of nitrogens with zero attached hydrogens (tertiary/aromatic N) is 6. The highest BCUT2D eigenvalue weighted by molar-refractivity contribution is 5.96. The number of rotatable bonds is 8. The molecule has 0 saturated heterocycles. The number of nitrogens with one attached hydrogen (secondary N) is 1. The van der Waals surface area contributed by atoms with Crippen molar-refractivity contribution < 1.29 is 9.53 Å². The average Bonchev–Trinajstić information content (AvgIpc) is 3.22. The second kappa shape index (κ2) is 10.3. The van der Waals surface area contributed by atoms with Crippen LogP contribution in [-0.4, -0.2) is 49.3 Å². The number of hydrogen-bond acceptors (Lipinski definition) is 7. The van der Waals surface area contributed by atoms with Crippen LogP contribution in [0.5, 0.6) is 0 Å². The van der Waals surface area contributed by atoms with Crippen molar-refractivity contribution in [2.45, 2.75) is 33.7 Å². The molecule has 1 amide bonds. The average molecular weight is 458 g/mol. The molecule has 9 heteroatoms. The standard InChI is InChI=1S/C25H27N7O2/c1-16-5-6-23(28-12-16)19-9-20(25(33)29-15-21-14-26-17(2)13-27-21)11-22(10-19)32-24(7-8-34-4)30-18(3)31-32/h5-6,9-14H,7-8,15H2,1-4H3,(H,29,33). The SMILES string of the molecule is COCCc1nc(C)nn1-c1cc(C(=O)NCc2cnc(C)cn2)cc(-c2ccc(C)cn2)c1. The Labute approximate surface area is 198 Å². The van der Waals surface area contributed by atoms with E-state index in [0.29, 0.717) is 30.1 Å². The maximum absolute atomic E-state index is 13.1. The molecule has 9 nitrogen and oxygen atoms in total. The highest BCUT2D eigenvalue weighted by Gasteiger charge is 2.16. The molecule has 3 heterocycles. The van der Waals surface area contributed by atoms with Gasteiger partial charge in [-0.2, -0.15) is 5.10 Å². The lowest BCUT2D eigenvalue weighted by Gasteiger charge is -2.12. The molecule has 4 aromatic rings. The van der Waals surface area contributed by atoms with E-state index < -0.39 is 0 Å². The number of carbonyl (C=O) groups is 1. The van der Waals surface area contributed by atoms with Crippen molar-refractivity contribution in [2.24, 2.45) is 0 Å². The number of amides is 1. The predicted molar refractivity (Wildman–Crippen MR) is 128 cm³/mol. The van der Waals surface area contributed by atoms with Crippen LogP contribution in [0.15, 0.2) is 48.9 Å². The van der Waals surface area contributed by atoms with Crippen molar-refractivity contribution in [3.05, 3.63) is 83.1 Å². The fraction of sp³-hybridized carbons (Fsp3) is 0.280. The molecule has 174 valence electrons. The Hall–Kier alpha value is -3.98. The quantitative estimate of drug-likeness (QED) is 0.433. The minimum atomic E-state index is -0.229. The fourth-order valence-electron chi connectivity index (χ4n) is 3.46. The molecule has 0 saturated carbocycles. The number of carbonyl (C=O) groups excluding carboxylic acids is 1. The van der Waals surface area contributed by atoms with Gasteiger partial charge in [0.05, 0.1) is 42.1 Å². The molecule has 34 heavy (non-hydrogen) atoms.